The predicted octanol–water partition coefficient (Wildman–Crippen LogP) is 2.79. The number of nitrogens with one attached hydrogen (secondary N) is 1. The monoisotopic (exact) mass is 201 g/mol. The molecule has 1 saturated heterocycles. The van der Waals surface area contributed by atoms with Crippen molar-refractivity contribution in [1.82, 2.24) is 5.32 Å². The fraction of sp³-hybridized carbons (Fsp3) is 0.571. The zero-order chi connectivity index (χ0) is 10.1. The standard InChI is InChI=1S/C14H19N/c1-2-4-11(5-3-1)14-10-15-9-8-13(14)12-6-7-12/h1-5,12-15H,6-10H2. The molecule has 2 unspecified atom stereocenters. The quantitative estimate of drug-likeness (QED) is 0.776. The van der Waals surface area contributed by atoms with Crippen molar-refractivity contribution in [2.45, 2.75) is 25.2 Å². The third kappa shape index (κ3) is 1.93. The first-order chi connectivity index (χ1) is 7.45. The van der Waals surface area contributed by atoms with Gasteiger partial charge in [0.2, 0.25) is 0 Å². The van der Waals surface area contributed by atoms with Crippen LogP contribution < -0.4 is 5.32 Å². The van der Waals surface area contributed by atoms with Gasteiger partial charge in [-0.25, -0.2) is 0 Å². The Morgan fingerprint density at radius 3 is 2.53 bits per heavy atom. The molecule has 1 aliphatic heterocycles. The molecule has 80 valence electrons. The van der Waals surface area contributed by atoms with Gasteiger partial charge in [0.25, 0.3) is 0 Å². The van der Waals surface area contributed by atoms with E-state index in [0.717, 1.165) is 17.8 Å². The lowest BCUT2D eigenvalue weighted by Gasteiger charge is -2.32. The molecule has 0 amide bonds. The number of hydrogen-bond donors (Lipinski definition) is 1. The van der Waals surface area contributed by atoms with Crippen molar-refractivity contribution in [2.75, 3.05) is 13.1 Å². The maximum Gasteiger partial charge on any atom is 0.00229 e. The van der Waals surface area contributed by atoms with E-state index in [4.69, 9.17) is 0 Å². The van der Waals surface area contributed by atoms with Gasteiger partial charge in [0, 0.05) is 6.54 Å². The molecule has 1 aromatic rings. The Morgan fingerprint density at radius 2 is 1.80 bits per heavy atom. The molecule has 2 fully saturated rings. The molecule has 3 rings (SSSR count). The van der Waals surface area contributed by atoms with Crippen LogP contribution in [-0.2, 0) is 0 Å². The topological polar surface area (TPSA) is 12.0 Å². The summed E-state index contributed by atoms with van der Waals surface area (Å²) < 4.78 is 0. The summed E-state index contributed by atoms with van der Waals surface area (Å²) in [5.41, 5.74) is 1.54. The molecular formula is C14H19N. The molecule has 1 aliphatic carbocycles. The Labute approximate surface area is 91.9 Å². The van der Waals surface area contributed by atoms with Crippen LogP contribution in [0.2, 0.25) is 0 Å². The van der Waals surface area contributed by atoms with Crippen molar-refractivity contribution < 1.29 is 0 Å². The van der Waals surface area contributed by atoms with Gasteiger partial charge in [-0.3, -0.25) is 0 Å². The second-order valence-electron chi connectivity index (χ2n) is 5.01. The van der Waals surface area contributed by atoms with Crippen LogP contribution >= 0.6 is 0 Å². The molecule has 0 aromatic heterocycles. The first-order valence-electron chi connectivity index (χ1n) is 6.21. The molecule has 2 aliphatic rings. The number of hydrogen-bond acceptors (Lipinski definition) is 1. The van der Waals surface area contributed by atoms with E-state index in [-0.39, 0.29) is 0 Å². The van der Waals surface area contributed by atoms with Crippen LogP contribution in [0.15, 0.2) is 30.3 Å². The average Bonchev–Trinajstić information content (AvgIpc) is 3.14. The van der Waals surface area contributed by atoms with E-state index in [0.29, 0.717) is 0 Å². The van der Waals surface area contributed by atoms with E-state index >= 15 is 0 Å². The summed E-state index contributed by atoms with van der Waals surface area (Å²) in [6, 6.07) is 11.1. The van der Waals surface area contributed by atoms with Crippen molar-refractivity contribution >= 4 is 0 Å². The van der Waals surface area contributed by atoms with Gasteiger partial charge >= 0.3 is 0 Å². The Hall–Kier alpha value is -0.820. The van der Waals surface area contributed by atoms with E-state index in [1.807, 2.05) is 0 Å². The summed E-state index contributed by atoms with van der Waals surface area (Å²) in [5.74, 6) is 2.76. The van der Waals surface area contributed by atoms with Crippen molar-refractivity contribution in [1.29, 1.82) is 0 Å². The smallest absolute Gasteiger partial charge is 0.00229 e. The first-order valence-corrected chi connectivity index (χ1v) is 6.21. The number of benzene rings is 1. The molecule has 15 heavy (non-hydrogen) atoms. The summed E-state index contributed by atoms with van der Waals surface area (Å²) in [6.45, 7) is 2.41. The van der Waals surface area contributed by atoms with Gasteiger partial charge < -0.3 is 5.32 Å². The van der Waals surface area contributed by atoms with E-state index in [1.54, 1.807) is 5.56 Å². The van der Waals surface area contributed by atoms with Gasteiger partial charge in [-0.2, -0.15) is 0 Å². The second-order valence-corrected chi connectivity index (χ2v) is 5.01. The van der Waals surface area contributed by atoms with Gasteiger partial charge in [-0.1, -0.05) is 30.3 Å². The van der Waals surface area contributed by atoms with Crippen LogP contribution in [0.5, 0.6) is 0 Å². The lowest BCUT2D eigenvalue weighted by Crippen LogP contribution is -2.36. The molecule has 1 heteroatoms. The predicted molar refractivity (Wildman–Crippen MR) is 62.9 cm³/mol. The first kappa shape index (κ1) is 9.41. The van der Waals surface area contributed by atoms with Gasteiger partial charge in [-0.05, 0) is 49.1 Å². The summed E-state index contributed by atoms with van der Waals surface area (Å²) in [6.07, 6.45) is 4.34. The zero-order valence-corrected chi connectivity index (χ0v) is 9.15. The molecule has 0 spiro atoms. The van der Waals surface area contributed by atoms with Crippen LogP contribution in [-0.4, -0.2) is 13.1 Å². The largest absolute Gasteiger partial charge is 0.316 e. The second kappa shape index (κ2) is 3.97. The Balaban J connectivity index is 1.82. The van der Waals surface area contributed by atoms with Crippen molar-refractivity contribution in [3.05, 3.63) is 35.9 Å². The highest BCUT2D eigenvalue weighted by Crippen LogP contribution is 2.46. The van der Waals surface area contributed by atoms with Crippen molar-refractivity contribution in [2.24, 2.45) is 11.8 Å². The maximum absolute atomic E-state index is 3.55. The SMILES string of the molecule is c1ccc(C2CNCCC2C2CC2)cc1. The Morgan fingerprint density at radius 1 is 1.00 bits per heavy atom. The summed E-state index contributed by atoms with van der Waals surface area (Å²) in [7, 11) is 0. The molecular weight excluding hydrogens is 182 g/mol. The molecule has 1 nitrogen and oxygen atoms in total. The van der Waals surface area contributed by atoms with E-state index < -0.39 is 0 Å². The van der Waals surface area contributed by atoms with Gasteiger partial charge in [0.1, 0.15) is 0 Å². The summed E-state index contributed by atoms with van der Waals surface area (Å²) >= 11 is 0. The summed E-state index contributed by atoms with van der Waals surface area (Å²) in [5, 5.41) is 3.55. The highest BCUT2D eigenvalue weighted by molar-refractivity contribution is 5.22. The van der Waals surface area contributed by atoms with Crippen LogP contribution in [0.1, 0.15) is 30.7 Å². The van der Waals surface area contributed by atoms with Gasteiger partial charge in [-0.15, -0.1) is 0 Å². The molecule has 1 aromatic carbocycles. The number of rotatable bonds is 2. The molecule has 0 bridgehead atoms. The third-order valence-corrected chi connectivity index (χ3v) is 3.99. The van der Waals surface area contributed by atoms with Crippen LogP contribution in [0.4, 0.5) is 0 Å². The molecule has 2 atom stereocenters. The fourth-order valence-corrected chi connectivity index (χ4v) is 3.03. The summed E-state index contributed by atoms with van der Waals surface area (Å²) in [4.78, 5) is 0. The van der Waals surface area contributed by atoms with E-state index in [2.05, 4.69) is 35.6 Å². The van der Waals surface area contributed by atoms with Crippen LogP contribution in [0.3, 0.4) is 0 Å². The third-order valence-electron chi connectivity index (χ3n) is 3.99. The molecule has 0 radical (unpaired) electrons. The van der Waals surface area contributed by atoms with Gasteiger partial charge in [0.15, 0.2) is 0 Å². The number of piperidine rings is 1. The van der Waals surface area contributed by atoms with Gasteiger partial charge in [0.05, 0.1) is 0 Å². The minimum Gasteiger partial charge on any atom is -0.316 e. The average molecular weight is 201 g/mol. The van der Waals surface area contributed by atoms with E-state index in [9.17, 15) is 0 Å². The lowest BCUT2D eigenvalue weighted by atomic mass is 9.78. The van der Waals surface area contributed by atoms with Crippen molar-refractivity contribution in [3.8, 4) is 0 Å². The van der Waals surface area contributed by atoms with Crippen LogP contribution in [0, 0.1) is 11.8 Å². The maximum atomic E-state index is 3.55. The molecule has 1 saturated carbocycles. The lowest BCUT2D eigenvalue weighted by molar-refractivity contribution is 0.291. The molecule has 1 N–H and O–H groups in total. The Kier molecular flexibility index (Phi) is 2.49. The Bertz CT molecular complexity index is 315. The normalized spacial score (nSPS) is 31.5. The van der Waals surface area contributed by atoms with Crippen LogP contribution in [0.25, 0.3) is 0 Å². The molecule has 1 heterocycles. The van der Waals surface area contributed by atoms with Crippen molar-refractivity contribution in [3.63, 3.8) is 0 Å². The minimum absolute atomic E-state index is 0.771. The highest BCUT2D eigenvalue weighted by Gasteiger charge is 2.38. The zero-order valence-electron chi connectivity index (χ0n) is 9.15. The minimum atomic E-state index is 0.771. The highest BCUT2D eigenvalue weighted by atomic mass is 14.9. The fourth-order valence-electron chi connectivity index (χ4n) is 3.03. The van der Waals surface area contributed by atoms with E-state index in [1.165, 1.54) is 32.4 Å².